The number of hydrogen-bond acceptors (Lipinski definition) is 6. The lowest BCUT2D eigenvalue weighted by Gasteiger charge is -2.12. The highest BCUT2D eigenvalue weighted by Crippen LogP contribution is 2.07. The van der Waals surface area contributed by atoms with Crippen LogP contribution in [-0.2, 0) is 0 Å². The smallest absolute Gasteiger partial charge is 0.270 e. The van der Waals surface area contributed by atoms with E-state index in [0.29, 0.717) is 23.9 Å². The van der Waals surface area contributed by atoms with Crippen LogP contribution in [0.1, 0.15) is 22.7 Å². The van der Waals surface area contributed by atoms with E-state index in [1.807, 2.05) is 33.1 Å². The van der Waals surface area contributed by atoms with Gasteiger partial charge in [0, 0.05) is 25.7 Å². The van der Waals surface area contributed by atoms with Crippen molar-refractivity contribution in [3.05, 3.63) is 17.6 Å². The second-order valence-corrected chi connectivity index (χ2v) is 5.83. The maximum Gasteiger partial charge on any atom is 0.270 e. The third kappa shape index (κ3) is 7.33. The summed E-state index contributed by atoms with van der Waals surface area (Å²) < 4.78 is 0. The van der Waals surface area contributed by atoms with Gasteiger partial charge >= 0.3 is 0 Å². The molecule has 22 heavy (non-hydrogen) atoms. The van der Waals surface area contributed by atoms with E-state index in [-0.39, 0.29) is 5.91 Å². The number of carbonyl (C=O) groups excluding carboxylic acids is 1. The molecule has 7 heteroatoms. The van der Waals surface area contributed by atoms with Crippen molar-refractivity contribution >= 4 is 11.7 Å². The summed E-state index contributed by atoms with van der Waals surface area (Å²) in [4.78, 5) is 24.8. The Balaban J connectivity index is 2.55. The highest BCUT2D eigenvalue weighted by molar-refractivity contribution is 5.92. The maximum atomic E-state index is 12.1. The van der Waals surface area contributed by atoms with Gasteiger partial charge in [-0.3, -0.25) is 4.79 Å². The number of nitrogens with one attached hydrogen (secondary N) is 2. The van der Waals surface area contributed by atoms with Crippen LogP contribution in [0.25, 0.3) is 0 Å². The molecule has 1 aromatic rings. The van der Waals surface area contributed by atoms with Gasteiger partial charge in [0.05, 0.1) is 0 Å². The maximum absolute atomic E-state index is 12.1. The Morgan fingerprint density at radius 1 is 1.09 bits per heavy atom. The molecule has 1 amide bonds. The summed E-state index contributed by atoms with van der Waals surface area (Å²) in [5.41, 5.74) is 0.404. The summed E-state index contributed by atoms with van der Waals surface area (Å²) in [7, 11) is 8.03. The number of hydrogen-bond donors (Lipinski definition) is 2. The topological polar surface area (TPSA) is 73.4 Å². The summed E-state index contributed by atoms with van der Waals surface area (Å²) in [6, 6.07) is 1.70. The minimum absolute atomic E-state index is 0.163. The lowest BCUT2D eigenvalue weighted by molar-refractivity contribution is 0.0945. The first-order valence-corrected chi connectivity index (χ1v) is 7.55. The first-order valence-electron chi connectivity index (χ1n) is 7.55. The van der Waals surface area contributed by atoms with Gasteiger partial charge in [-0.1, -0.05) is 0 Å². The van der Waals surface area contributed by atoms with Gasteiger partial charge in [0.25, 0.3) is 5.91 Å². The fourth-order valence-electron chi connectivity index (χ4n) is 1.87. The van der Waals surface area contributed by atoms with Crippen molar-refractivity contribution in [2.24, 2.45) is 0 Å². The molecule has 0 saturated heterocycles. The molecule has 2 N–H and O–H groups in total. The van der Waals surface area contributed by atoms with E-state index in [1.165, 1.54) is 0 Å². The summed E-state index contributed by atoms with van der Waals surface area (Å²) in [5, 5.41) is 6.11. The minimum atomic E-state index is -0.163. The van der Waals surface area contributed by atoms with Gasteiger partial charge < -0.3 is 20.4 Å². The summed E-state index contributed by atoms with van der Waals surface area (Å²) in [6.45, 7) is 5.01. The third-order valence-electron chi connectivity index (χ3n) is 3.00. The molecule has 7 nitrogen and oxygen atoms in total. The lowest BCUT2D eigenvalue weighted by atomic mass is 10.3. The fourth-order valence-corrected chi connectivity index (χ4v) is 1.87. The molecule has 0 radical (unpaired) electrons. The standard InChI is InChI=1S/C15H28N6O/c1-12-18-13(15(22)17-8-10-21(4)5)11-14(19-12)16-7-6-9-20(2)3/h11H,6-10H2,1-5H3,(H,17,22)(H,16,18,19). The molecule has 0 fully saturated rings. The van der Waals surface area contributed by atoms with Crippen molar-refractivity contribution in [3.63, 3.8) is 0 Å². The second-order valence-electron chi connectivity index (χ2n) is 5.83. The zero-order chi connectivity index (χ0) is 16.5. The van der Waals surface area contributed by atoms with Gasteiger partial charge in [-0.25, -0.2) is 9.97 Å². The van der Waals surface area contributed by atoms with Crippen LogP contribution in [-0.4, -0.2) is 80.0 Å². The molecule has 0 aliphatic rings. The average Bonchev–Trinajstić information content (AvgIpc) is 2.42. The van der Waals surface area contributed by atoms with E-state index in [4.69, 9.17) is 0 Å². The number of amides is 1. The van der Waals surface area contributed by atoms with E-state index < -0.39 is 0 Å². The molecule has 0 bridgehead atoms. The van der Waals surface area contributed by atoms with Crippen molar-refractivity contribution < 1.29 is 4.79 Å². The minimum Gasteiger partial charge on any atom is -0.370 e. The van der Waals surface area contributed by atoms with Gasteiger partial charge in [0.2, 0.25) is 0 Å². The molecule has 0 unspecified atom stereocenters. The SMILES string of the molecule is Cc1nc(NCCCN(C)C)cc(C(=O)NCCN(C)C)n1. The van der Waals surface area contributed by atoms with Crippen molar-refractivity contribution in [3.8, 4) is 0 Å². The molecule has 0 saturated carbocycles. The highest BCUT2D eigenvalue weighted by Gasteiger charge is 2.10. The molecular weight excluding hydrogens is 280 g/mol. The number of aryl methyl sites for hydroxylation is 1. The van der Waals surface area contributed by atoms with E-state index in [0.717, 1.165) is 26.1 Å². The number of nitrogens with zero attached hydrogens (tertiary/aromatic N) is 4. The lowest BCUT2D eigenvalue weighted by Crippen LogP contribution is -2.32. The Kier molecular flexibility index (Phi) is 7.76. The molecule has 0 spiro atoms. The van der Waals surface area contributed by atoms with Crippen LogP contribution in [0.5, 0.6) is 0 Å². The van der Waals surface area contributed by atoms with Gasteiger partial charge in [-0.05, 0) is 48.1 Å². The van der Waals surface area contributed by atoms with Gasteiger partial charge in [-0.2, -0.15) is 0 Å². The van der Waals surface area contributed by atoms with Crippen LogP contribution in [0.15, 0.2) is 6.07 Å². The molecule has 124 valence electrons. The van der Waals surface area contributed by atoms with Crippen molar-refractivity contribution in [1.82, 2.24) is 25.1 Å². The Morgan fingerprint density at radius 2 is 1.77 bits per heavy atom. The number of aromatic nitrogens is 2. The van der Waals surface area contributed by atoms with Crippen molar-refractivity contribution in [2.45, 2.75) is 13.3 Å². The zero-order valence-electron chi connectivity index (χ0n) is 14.3. The van der Waals surface area contributed by atoms with Crippen LogP contribution in [0.3, 0.4) is 0 Å². The van der Waals surface area contributed by atoms with Gasteiger partial charge in [0.15, 0.2) is 0 Å². The van der Waals surface area contributed by atoms with Gasteiger partial charge in [0.1, 0.15) is 17.3 Å². The predicted octanol–water partition coefficient (Wildman–Crippen LogP) is 0.440. The summed E-state index contributed by atoms with van der Waals surface area (Å²) in [6.07, 6.45) is 1.01. The van der Waals surface area contributed by atoms with Crippen molar-refractivity contribution in [2.75, 3.05) is 59.7 Å². The molecule has 1 heterocycles. The molecule has 0 aliphatic heterocycles. The van der Waals surface area contributed by atoms with Crippen LogP contribution in [0, 0.1) is 6.92 Å². The molecule has 0 aromatic carbocycles. The van der Waals surface area contributed by atoms with Crippen LogP contribution >= 0.6 is 0 Å². The van der Waals surface area contributed by atoms with Gasteiger partial charge in [-0.15, -0.1) is 0 Å². The predicted molar refractivity (Wildman–Crippen MR) is 89.3 cm³/mol. The largest absolute Gasteiger partial charge is 0.370 e. The van der Waals surface area contributed by atoms with Crippen LogP contribution < -0.4 is 10.6 Å². The number of carbonyl (C=O) groups is 1. The second kappa shape index (κ2) is 9.32. The Hall–Kier alpha value is -1.73. The molecule has 1 rings (SSSR count). The van der Waals surface area contributed by atoms with Crippen LogP contribution in [0.4, 0.5) is 5.82 Å². The van der Waals surface area contributed by atoms with E-state index in [1.54, 1.807) is 13.0 Å². The monoisotopic (exact) mass is 308 g/mol. The summed E-state index contributed by atoms with van der Waals surface area (Å²) >= 11 is 0. The van der Waals surface area contributed by atoms with E-state index in [2.05, 4.69) is 25.5 Å². The number of anilines is 1. The quantitative estimate of drug-likeness (QED) is 0.645. The third-order valence-corrected chi connectivity index (χ3v) is 3.00. The van der Waals surface area contributed by atoms with E-state index in [9.17, 15) is 4.79 Å². The fraction of sp³-hybridized carbons (Fsp3) is 0.667. The first-order chi connectivity index (χ1) is 10.4. The number of likely N-dealkylation sites (N-methyl/N-ethyl adjacent to an activating group) is 1. The van der Waals surface area contributed by atoms with Crippen LogP contribution in [0.2, 0.25) is 0 Å². The molecule has 1 aromatic heterocycles. The summed E-state index contributed by atoms with van der Waals surface area (Å²) in [5.74, 6) is 1.13. The number of rotatable bonds is 9. The Morgan fingerprint density at radius 3 is 2.41 bits per heavy atom. The first kappa shape index (κ1) is 18.3. The molecule has 0 aliphatic carbocycles. The molecule has 0 atom stereocenters. The zero-order valence-corrected chi connectivity index (χ0v) is 14.3. The normalized spacial score (nSPS) is 11.0. The molecular formula is C15H28N6O. The van der Waals surface area contributed by atoms with E-state index >= 15 is 0 Å². The highest BCUT2D eigenvalue weighted by atomic mass is 16.1. The Bertz CT molecular complexity index is 475. The average molecular weight is 308 g/mol. The Labute approximate surface area is 133 Å². The van der Waals surface area contributed by atoms with Crippen molar-refractivity contribution in [1.29, 1.82) is 0 Å².